The van der Waals surface area contributed by atoms with Crippen LogP contribution in [0.5, 0.6) is 0 Å². The molecule has 0 unspecified atom stereocenters. The predicted octanol–water partition coefficient (Wildman–Crippen LogP) is 2.86. The summed E-state index contributed by atoms with van der Waals surface area (Å²) < 4.78 is 0. The number of anilines is 1. The lowest BCUT2D eigenvalue weighted by molar-refractivity contribution is 0.393. The van der Waals surface area contributed by atoms with Crippen LogP contribution in [0.4, 0.5) is 5.82 Å². The molecule has 0 amide bonds. The van der Waals surface area contributed by atoms with Crippen molar-refractivity contribution in [2.24, 2.45) is 11.7 Å². The first kappa shape index (κ1) is 16.1. The molecule has 2 heterocycles. The molecule has 21 heavy (non-hydrogen) atoms. The largest absolute Gasteiger partial charge is 0.389 e. The second-order valence-electron chi connectivity index (χ2n) is 5.73. The van der Waals surface area contributed by atoms with Gasteiger partial charge in [-0.1, -0.05) is 39.4 Å². The number of nitrogens with zero attached hydrogens (tertiary/aromatic N) is 3. The molecule has 0 atom stereocenters. The number of thiocarbonyl (C=S) groups is 1. The molecule has 1 aliphatic rings. The van der Waals surface area contributed by atoms with Gasteiger partial charge >= 0.3 is 0 Å². The summed E-state index contributed by atoms with van der Waals surface area (Å²) in [6.45, 7) is 8.55. The van der Waals surface area contributed by atoms with Gasteiger partial charge in [0.05, 0.1) is 11.3 Å². The summed E-state index contributed by atoms with van der Waals surface area (Å²) >= 11 is 5.31. The fourth-order valence-electron chi connectivity index (χ4n) is 3.20. The van der Waals surface area contributed by atoms with Gasteiger partial charge in [-0.3, -0.25) is 0 Å². The molecule has 1 fully saturated rings. The van der Waals surface area contributed by atoms with E-state index in [1.165, 1.54) is 24.8 Å². The molecule has 1 saturated heterocycles. The molecule has 0 bridgehead atoms. The zero-order valence-corrected chi connectivity index (χ0v) is 14.2. The monoisotopic (exact) mass is 306 g/mol. The molecule has 116 valence electrons. The van der Waals surface area contributed by atoms with Crippen LogP contribution in [0.15, 0.2) is 0 Å². The maximum absolute atomic E-state index is 6.01. The number of aromatic nitrogens is 2. The molecule has 2 rings (SSSR count). The zero-order valence-electron chi connectivity index (χ0n) is 13.4. The average molecular weight is 306 g/mol. The smallest absolute Gasteiger partial charge is 0.161 e. The average Bonchev–Trinajstić information content (AvgIpc) is 2.53. The van der Waals surface area contributed by atoms with E-state index in [4.69, 9.17) is 18.0 Å². The minimum absolute atomic E-state index is 0.448. The summed E-state index contributed by atoms with van der Waals surface area (Å²) in [7, 11) is 0. The van der Waals surface area contributed by atoms with Gasteiger partial charge < -0.3 is 10.6 Å². The van der Waals surface area contributed by atoms with Crippen LogP contribution in [0.25, 0.3) is 0 Å². The first-order valence-corrected chi connectivity index (χ1v) is 8.46. The first-order valence-electron chi connectivity index (χ1n) is 8.05. The molecule has 2 N–H and O–H groups in total. The van der Waals surface area contributed by atoms with E-state index < -0.39 is 0 Å². The van der Waals surface area contributed by atoms with E-state index in [-0.39, 0.29) is 0 Å². The van der Waals surface area contributed by atoms with E-state index in [2.05, 4.69) is 35.9 Å². The molecule has 0 saturated carbocycles. The number of nitrogens with two attached hydrogens (primary N) is 1. The van der Waals surface area contributed by atoms with Crippen molar-refractivity contribution in [2.75, 3.05) is 18.0 Å². The van der Waals surface area contributed by atoms with Crippen LogP contribution < -0.4 is 10.6 Å². The number of piperidine rings is 1. The van der Waals surface area contributed by atoms with Crippen LogP contribution in [0.2, 0.25) is 0 Å². The lowest BCUT2D eigenvalue weighted by Gasteiger charge is -2.33. The maximum atomic E-state index is 6.01. The normalized spacial score (nSPS) is 16.2. The molecule has 0 aromatic carbocycles. The summed E-state index contributed by atoms with van der Waals surface area (Å²) in [5.74, 6) is 1.73. The molecule has 5 heteroatoms. The van der Waals surface area contributed by atoms with Crippen LogP contribution >= 0.6 is 12.2 Å². The minimum atomic E-state index is 0.448. The number of aryl methyl sites for hydroxylation is 1. The van der Waals surface area contributed by atoms with Crippen molar-refractivity contribution in [2.45, 2.75) is 52.9 Å². The summed E-state index contributed by atoms with van der Waals surface area (Å²) in [6.07, 6.45) is 5.45. The third-order valence-corrected chi connectivity index (χ3v) is 4.77. The topological polar surface area (TPSA) is 55.0 Å². The van der Waals surface area contributed by atoms with Crippen LogP contribution in [0, 0.1) is 5.92 Å². The van der Waals surface area contributed by atoms with Crippen molar-refractivity contribution >= 4 is 23.0 Å². The molecule has 0 radical (unpaired) electrons. The van der Waals surface area contributed by atoms with Crippen LogP contribution in [0.3, 0.4) is 0 Å². The van der Waals surface area contributed by atoms with Crippen molar-refractivity contribution in [1.82, 2.24) is 10.2 Å². The van der Waals surface area contributed by atoms with E-state index in [1.54, 1.807) is 0 Å². The lowest BCUT2D eigenvalue weighted by atomic mass is 9.94. The molecule has 1 aliphatic heterocycles. The number of rotatable bonds is 5. The Labute approximate surface area is 133 Å². The Morgan fingerprint density at radius 3 is 2.33 bits per heavy atom. The van der Waals surface area contributed by atoms with E-state index >= 15 is 0 Å². The van der Waals surface area contributed by atoms with Gasteiger partial charge in [-0.25, -0.2) is 0 Å². The van der Waals surface area contributed by atoms with Crippen molar-refractivity contribution in [1.29, 1.82) is 0 Å². The predicted molar refractivity (Wildman–Crippen MR) is 91.9 cm³/mol. The summed E-state index contributed by atoms with van der Waals surface area (Å²) in [5.41, 5.74) is 9.16. The third-order valence-electron chi connectivity index (χ3n) is 4.57. The van der Waals surface area contributed by atoms with Gasteiger partial charge in [0.2, 0.25) is 0 Å². The SMILES string of the molecule is CCc1nnc(N2CCC(CC)CC2)c(C(N)=S)c1CC. The fourth-order valence-corrected chi connectivity index (χ4v) is 3.41. The number of hydrogen-bond donors (Lipinski definition) is 1. The first-order chi connectivity index (χ1) is 10.1. The Balaban J connectivity index is 2.37. The van der Waals surface area contributed by atoms with Crippen molar-refractivity contribution in [3.8, 4) is 0 Å². The molecular formula is C16H26N4S. The van der Waals surface area contributed by atoms with Crippen molar-refractivity contribution in [3.05, 3.63) is 16.8 Å². The third kappa shape index (κ3) is 3.34. The van der Waals surface area contributed by atoms with Gasteiger partial charge in [-0.05, 0) is 37.2 Å². The minimum Gasteiger partial charge on any atom is -0.389 e. The molecule has 0 spiro atoms. The van der Waals surface area contributed by atoms with Gasteiger partial charge in [0.1, 0.15) is 4.99 Å². The van der Waals surface area contributed by atoms with E-state index in [0.29, 0.717) is 4.99 Å². The quantitative estimate of drug-likeness (QED) is 0.848. The molecule has 0 aliphatic carbocycles. The number of hydrogen-bond acceptors (Lipinski definition) is 4. The van der Waals surface area contributed by atoms with E-state index in [9.17, 15) is 0 Å². The Morgan fingerprint density at radius 1 is 1.19 bits per heavy atom. The highest BCUT2D eigenvalue weighted by atomic mass is 32.1. The second kappa shape index (κ2) is 7.16. The molecule has 1 aromatic heterocycles. The molecule has 1 aromatic rings. The Hall–Kier alpha value is -1.23. The summed E-state index contributed by atoms with van der Waals surface area (Å²) in [4.78, 5) is 2.76. The van der Waals surface area contributed by atoms with Gasteiger partial charge in [-0.15, -0.1) is 5.10 Å². The summed E-state index contributed by atoms with van der Waals surface area (Å²) in [6, 6.07) is 0. The molecule has 4 nitrogen and oxygen atoms in total. The van der Waals surface area contributed by atoms with E-state index in [1.807, 2.05) is 0 Å². The Kier molecular flexibility index (Phi) is 5.51. The van der Waals surface area contributed by atoms with Gasteiger partial charge in [-0.2, -0.15) is 5.10 Å². The Morgan fingerprint density at radius 2 is 1.86 bits per heavy atom. The maximum Gasteiger partial charge on any atom is 0.161 e. The Bertz CT molecular complexity index is 507. The molecular weight excluding hydrogens is 280 g/mol. The summed E-state index contributed by atoms with van der Waals surface area (Å²) in [5, 5.41) is 8.88. The van der Waals surface area contributed by atoms with Gasteiger partial charge in [0.25, 0.3) is 0 Å². The van der Waals surface area contributed by atoms with Gasteiger partial charge in [0, 0.05) is 13.1 Å². The van der Waals surface area contributed by atoms with Crippen LogP contribution in [-0.4, -0.2) is 28.3 Å². The van der Waals surface area contributed by atoms with Gasteiger partial charge in [0.15, 0.2) is 5.82 Å². The van der Waals surface area contributed by atoms with Crippen LogP contribution in [-0.2, 0) is 12.8 Å². The second-order valence-corrected chi connectivity index (χ2v) is 6.17. The highest BCUT2D eigenvalue weighted by Gasteiger charge is 2.24. The standard InChI is InChI=1S/C16H26N4S/c1-4-11-7-9-20(10-8-11)16-14(15(17)21)12(5-2)13(6-3)18-19-16/h11H,4-10H2,1-3H3,(H2,17,21). The van der Waals surface area contributed by atoms with E-state index in [0.717, 1.165) is 48.9 Å². The highest BCUT2D eigenvalue weighted by Crippen LogP contribution is 2.28. The van der Waals surface area contributed by atoms with Crippen LogP contribution in [0.1, 0.15) is 56.9 Å². The van der Waals surface area contributed by atoms with Crippen molar-refractivity contribution in [3.63, 3.8) is 0 Å². The lowest BCUT2D eigenvalue weighted by Crippen LogP contribution is -2.36. The highest BCUT2D eigenvalue weighted by molar-refractivity contribution is 7.80. The van der Waals surface area contributed by atoms with Crippen molar-refractivity contribution < 1.29 is 0 Å². The fraction of sp³-hybridized carbons (Fsp3) is 0.688. The zero-order chi connectivity index (χ0) is 15.4.